The minimum atomic E-state index is 1.19. The van der Waals surface area contributed by atoms with E-state index < -0.39 is 0 Å². The van der Waals surface area contributed by atoms with Gasteiger partial charge in [0, 0.05) is 32.3 Å². The molecule has 0 radical (unpaired) electrons. The lowest BCUT2D eigenvalue weighted by molar-refractivity contribution is 1.19. The van der Waals surface area contributed by atoms with E-state index in [0.29, 0.717) is 0 Å². The van der Waals surface area contributed by atoms with Crippen molar-refractivity contribution < 1.29 is 0 Å². The summed E-state index contributed by atoms with van der Waals surface area (Å²) in [5.41, 5.74) is 9.73. The number of fused-ring (bicyclic) bond motifs is 9. The molecule has 46 heavy (non-hydrogen) atoms. The van der Waals surface area contributed by atoms with Gasteiger partial charge < -0.3 is 9.13 Å². The van der Waals surface area contributed by atoms with Crippen LogP contribution in [0.3, 0.4) is 0 Å². The van der Waals surface area contributed by atoms with Crippen molar-refractivity contribution in [2.45, 2.75) is 0 Å². The zero-order valence-corrected chi connectivity index (χ0v) is 25.1. The standard InChI is InChI=1S/C44H28N2/c1-2-12-29(13-3-1)31-24-25-34-32(28-31)16-11-22-38(34)45-41-21-9-7-19-37(41)43-42(45)27-26-36-35-18-6-8-20-40(35)46(44(36)43)39-23-10-15-30-14-4-5-17-33(30)39/h1-28H. The van der Waals surface area contributed by atoms with E-state index in [2.05, 4.69) is 179 Å². The van der Waals surface area contributed by atoms with Gasteiger partial charge in [-0.2, -0.15) is 0 Å². The maximum Gasteiger partial charge on any atom is 0.0641 e. The zero-order chi connectivity index (χ0) is 30.2. The van der Waals surface area contributed by atoms with Gasteiger partial charge in [-0.05, 0) is 58.3 Å². The SMILES string of the molecule is c1ccc(-c2ccc3c(-n4c5ccccc5c5c4ccc4c6ccccc6n(-c6cccc7ccccc67)c45)cccc3c2)cc1. The van der Waals surface area contributed by atoms with Gasteiger partial charge in [-0.1, -0.05) is 133 Å². The minimum Gasteiger partial charge on any atom is -0.309 e. The molecular formula is C44H28N2. The van der Waals surface area contributed by atoms with Gasteiger partial charge in [0.15, 0.2) is 0 Å². The molecule has 214 valence electrons. The second-order valence-corrected chi connectivity index (χ2v) is 12.1. The molecule has 2 heteroatoms. The molecule has 0 atom stereocenters. The second-order valence-electron chi connectivity index (χ2n) is 12.1. The van der Waals surface area contributed by atoms with Crippen LogP contribution in [-0.2, 0) is 0 Å². The average Bonchev–Trinajstić information content (AvgIpc) is 3.64. The van der Waals surface area contributed by atoms with E-state index >= 15 is 0 Å². The summed E-state index contributed by atoms with van der Waals surface area (Å²) in [4.78, 5) is 0. The third kappa shape index (κ3) is 3.53. The maximum absolute atomic E-state index is 2.50. The molecule has 0 unspecified atom stereocenters. The highest BCUT2D eigenvalue weighted by atomic mass is 15.0. The molecule has 10 rings (SSSR count). The first-order valence-electron chi connectivity index (χ1n) is 15.9. The Balaban J connectivity index is 1.34. The summed E-state index contributed by atoms with van der Waals surface area (Å²) in [6.07, 6.45) is 0. The first-order chi connectivity index (χ1) is 22.8. The molecule has 0 saturated heterocycles. The van der Waals surface area contributed by atoms with Crippen LogP contribution >= 0.6 is 0 Å². The van der Waals surface area contributed by atoms with E-state index in [1.165, 1.54) is 87.7 Å². The summed E-state index contributed by atoms with van der Waals surface area (Å²) in [5, 5.41) is 10.0. The fourth-order valence-electron chi connectivity index (χ4n) is 7.69. The molecule has 0 aliphatic heterocycles. The van der Waals surface area contributed by atoms with Crippen LogP contribution in [0.15, 0.2) is 170 Å². The Morgan fingerprint density at radius 1 is 0.304 bits per heavy atom. The molecule has 2 heterocycles. The van der Waals surface area contributed by atoms with Crippen molar-refractivity contribution in [1.29, 1.82) is 0 Å². The first kappa shape index (κ1) is 25.2. The molecular weight excluding hydrogens is 556 g/mol. The number of benzene rings is 8. The number of aromatic nitrogens is 2. The smallest absolute Gasteiger partial charge is 0.0641 e. The lowest BCUT2D eigenvalue weighted by atomic mass is 10.0. The normalized spacial score (nSPS) is 11.9. The second kappa shape index (κ2) is 9.69. The summed E-state index contributed by atoms with van der Waals surface area (Å²) in [6, 6.07) is 61.9. The van der Waals surface area contributed by atoms with Crippen LogP contribution in [0.5, 0.6) is 0 Å². The number of nitrogens with zero attached hydrogens (tertiary/aromatic N) is 2. The Hall–Kier alpha value is -6.12. The predicted octanol–water partition coefficient (Wildman–Crippen LogP) is 11.9. The van der Waals surface area contributed by atoms with Crippen molar-refractivity contribution in [2.75, 3.05) is 0 Å². The third-order valence-corrected chi connectivity index (χ3v) is 9.68. The average molecular weight is 585 g/mol. The number of para-hydroxylation sites is 2. The van der Waals surface area contributed by atoms with Gasteiger partial charge in [-0.15, -0.1) is 0 Å². The van der Waals surface area contributed by atoms with Gasteiger partial charge in [0.25, 0.3) is 0 Å². The minimum absolute atomic E-state index is 1.19. The molecule has 0 amide bonds. The Morgan fingerprint density at radius 2 is 0.891 bits per heavy atom. The highest BCUT2D eigenvalue weighted by Crippen LogP contribution is 2.43. The van der Waals surface area contributed by atoms with E-state index in [9.17, 15) is 0 Å². The molecule has 0 spiro atoms. The quantitative estimate of drug-likeness (QED) is 0.195. The fourth-order valence-corrected chi connectivity index (χ4v) is 7.69. The highest BCUT2D eigenvalue weighted by Gasteiger charge is 2.22. The van der Waals surface area contributed by atoms with E-state index in [4.69, 9.17) is 0 Å². The molecule has 8 aromatic carbocycles. The van der Waals surface area contributed by atoms with Crippen LogP contribution in [-0.4, -0.2) is 9.13 Å². The van der Waals surface area contributed by atoms with Gasteiger partial charge in [0.05, 0.1) is 33.4 Å². The van der Waals surface area contributed by atoms with E-state index in [0.717, 1.165) is 0 Å². The zero-order valence-electron chi connectivity index (χ0n) is 25.1. The lowest BCUT2D eigenvalue weighted by Gasteiger charge is -2.14. The van der Waals surface area contributed by atoms with Crippen molar-refractivity contribution in [3.8, 4) is 22.5 Å². The van der Waals surface area contributed by atoms with E-state index in [1.54, 1.807) is 0 Å². The molecule has 0 saturated carbocycles. The summed E-state index contributed by atoms with van der Waals surface area (Å²) < 4.78 is 4.97. The summed E-state index contributed by atoms with van der Waals surface area (Å²) >= 11 is 0. The summed E-state index contributed by atoms with van der Waals surface area (Å²) in [6.45, 7) is 0. The summed E-state index contributed by atoms with van der Waals surface area (Å²) in [5.74, 6) is 0. The van der Waals surface area contributed by atoms with Crippen LogP contribution in [0, 0.1) is 0 Å². The molecule has 2 aromatic heterocycles. The van der Waals surface area contributed by atoms with Gasteiger partial charge in [-0.3, -0.25) is 0 Å². The maximum atomic E-state index is 2.50. The fraction of sp³-hybridized carbons (Fsp3) is 0. The van der Waals surface area contributed by atoms with Crippen LogP contribution in [0.1, 0.15) is 0 Å². The Labute approximate surface area is 266 Å². The Kier molecular flexibility index (Phi) is 5.31. The third-order valence-electron chi connectivity index (χ3n) is 9.68. The predicted molar refractivity (Wildman–Crippen MR) is 196 cm³/mol. The molecule has 10 aromatic rings. The molecule has 0 bridgehead atoms. The van der Waals surface area contributed by atoms with Crippen LogP contribution < -0.4 is 0 Å². The van der Waals surface area contributed by atoms with Crippen molar-refractivity contribution in [3.05, 3.63) is 170 Å². The first-order valence-corrected chi connectivity index (χ1v) is 15.9. The monoisotopic (exact) mass is 584 g/mol. The van der Waals surface area contributed by atoms with E-state index in [-0.39, 0.29) is 0 Å². The van der Waals surface area contributed by atoms with Gasteiger partial charge in [0.2, 0.25) is 0 Å². The summed E-state index contributed by atoms with van der Waals surface area (Å²) in [7, 11) is 0. The van der Waals surface area contributed by atoms with Gasteiger partial charge >= 0.3 is 0 Å². The Bertz CT molecular complexity index is 2790. The highest BCUT2D eigenvalue weighted by molar-refractivity contribution is 6.26. The van der Waals surface area contributed by atoms with Crippen molar-refractivity contribution in [2.24, 2.45) is 0 Å². The topological polar surface area (TPSA) is 9.86 Å². The van der Waals surface area contributed by atoms with E-state index in [1.807, 2.05) is 0 Å². The van der Waals surface area contributed by atoms with Crippen molar-refractivity contribution in [3.63, 3.8) is 0 Å². The number of hydrogen-bond acceptors (Lipinski definition) is 0. The van der Waals surface area contributed by atoms with Gasteiger partial charge in [0.1, 0.15) is 0 Å². The van der Waals surface area contributed by atoms with Gasteiger partial charge in [-0.25, -0.2) is 0 Å². The lowest BCUT2D eigenvalue weighted by Crippen LogP contribution is -1.97. The largest absolute Gasteiger partial charge is 0.309 e. The number of hydrogen-bond donors (Lipinski definition) is 0. The van der Waals surface area contributed by atoms with Crippen LogP contribution in [0.2, 0.25) is 0 Å². The van der Waals surface area contributed by atoms with Crippen molar-refractivity contribution >= 4 is 65.2 Å². The van der Waals surface area contributed by atoms with Crippen LogP contribution in [0.25, 0.3) is 87.7 Å². The number of rotatable bonds is 3. The van der Waals surface area contributed by atoms with Crippen molar-refractivity contribution in [1.82, 2.24) is 9.13 Å². The molecule has 0 aliphatic carbocycles. The Morgan fingerprint density at radius 3 is 1.72 bits per heavy atom. The molecule has 0 aliphatic rings. The molecule has 2 nitrogen and oxygen atoms in total. The molecule has 0 fully saturated rings. The molecule has 0 N–H and O–H groups in total. The van der Waals surface area contributed by atoms with Crippen LogP contribution in [0.4, 0.5) is 0 Å².